The molecule has 0 aromatic rings. The quantitative estimate of drug-likeness (QED) is 0.716. The minimum atomic E-state index is -0.0985. The summed E-state index contributed by atoms with van der Waals surface area (Å²) in [6, 6.07) is 0. The highest BCUT2D eigenvalue weighted by molar-refractivity contribution is 4.94. The Hall–Kier alpha value is -0.0400. The summed E-state index contributed by atoms with van der Waals surface area (Å²) in [5, 5.41) is 10.5. The first-order valence-electron chi connectivity index (χ1n) is 7.25. The first kappa shape index (κ1) is 15.0. The third kappa shape index (κ3) is 3.47. The predicted octanol–water partition coefficient (Wildman–Crippen LogP) is 4.49. The molecule has 1 N–H and O–H groups in total. The molecular formula is C16H32O. The van der Waals surface area contributed by atoms with E-state index in [1.807, 2.05) is 0 Å². The van der Waals surface area contributed by atoms with Gasteiger partial charge in [0.05, 0.1) is 6.10 Å². The zero-order chi connectivity index (χ0) is 13.4. The highest BCUT2D eigenvalue weighted by atomic mass is 16.3. The van der Waals surface area contributed by atoms with Crippen molar-refractivity contribution in [3.05, 3.63) is 0 Å². The van der Waals surface area contributed by atoms with E-state index >= 15 is 0 Å². The van der Waals surface area contributed by atoms with Crippen LogP contribution in [0.3, 0.4) is 0 Å². The van der Waals surface area contributed by atoms with Gasteiger partial charge < -0.3 is 5.11 Å². The first-order chi connectivity index (χ1) is 7.57. The lowest BCUT2D eigenvalue weighted by Gasteiger charge is -2.48. The van der Waals surface area contributed by atoms with Crippen LogP contribution in [-0.4, -0.2) is 11.2 Å². The Bertz CT molecular complexity index is 243. The van der Waals surface area contributed by atoms with Crippen molar-refractivity contribution in [2.24, 2.45) is 28.6 Å². The summed E-state index contributed by atoms with van der Waals surface area (Å²) in [6.45, 7) is 16.1. The molecule has 1 fully saturated rings. The van der Waals surface area contributed by atoms with Gasteiger partial charge in [0.15, 0.2) is 0 Å². The lowest BCUT2D eigenvalue weighted by molar-refractivity contribution is -0.0686. The van der Waals surface area contributed by atoms with Crippen molar-refractivity contribution in [2.75, 3.05) is 0 Å². The second kappa shape index (κ2) is 4.91. The maximum atomic E-state index is 10.5. The van der Waals surface area contributed by atoms with E-state index in [9.17, 15) is 5.11 Å². The summed E-state index contributed by atoms with van der Waals surface area (Å²) in [7, 11) is 0. The Morgan fingerprint density at radius 1 is 0.941 bits per heavy atom. The van der Waals surface area contributed by atoms with E-state index in [1.54, 1.807) is 0 Å². The Morgan fingerprint density at radius 2 is 1.47 bits per heavy atom. The van der Waals surface area contributed by atoms with Gasteiger partial charge in [0, 0.05) is 0 Å². The zero-order valence-electron chi connectivity index (χ0n) is 12.9. The SMILES string of the molecule is CCC1CC(C(C)(C)C)CC(C(C)(C)C)C1O. The van der Waals surface area contributed by atoms with Crippen LogP contribution in [-0.2, 0) is 0 Å². The average Bonchev–Trinajstić information content (AvgIpc) is 2.14. The highest BCUT2D eigenvalue weighted by Crippen LogP contribution is 2.48. The summed E-state index contributed by atoms with van der Waals surface area (Å²) in [5.74, 6) is 1.70. The van der Waals surface area contributed by atoms with E-state index in [0.717, 1.165) is 12.3 Å². The highest BCUT2D eigenvalue weighted by Gasteiger charge is 2.44. The molecule has 0 saturated heterocycles. The van der Waals surface area contributed by atoms with E-state index in [2.05, 4.69) is 48.5 Å². The Kier molecular flexibility index (Phi) is 4.34. The fraction of sp³-hybridized carbons (Fsp3) is 1.00. The molecule has 1 aliphatic rings. The molecule has 0 radical (unpaired) electrons. The number of hydrogen-bond acceptors (Lipinski definition) is 1. The summed E-state index contributed by atoms with van der Waals surface area (Å²) in [4.78, 5) is 0. The van der Waals surface area contributed by atoms with Crippen LogP contribution in [0.2, 0.25) is 0 Å². The molecule has 102 valence electrons. The maximum Gasteiger partial charge on any atom is 0.0601 e. The molecule has 0 aliphatic heterocycles. The molecule has 1 heteroatoms. The predicted molar refractivity (Wildman–Crippen MR) is 74.9 cm³/mol. The molecule has 0 heterocycles. The van der Waals surface area contributed by atoms with Crippen molar-refractivity contribution in [3.63, 3.8) is 0 Å². The largest absolute Gasteiger partial charge is 0.393 e. The van der Waals surface area contributed by atoms with Gasteiger partial charge in [-0.1, -0.05) is 54.9 Å². The second-order valence-corrected chi connectivity index (χ2v) is 8.17. The van der Waals surface area contributed by atoms with Gasteiger partial charge in [-0.15, -0.1) is 0 Å². The number of hydrogen-bond donors (Lipinski definition) is 1. The molecule has 1 nitrogen and oxygen atoms in total. The third-order valence-electron chi connectivity index (χ3n) is 4.88. The summed E-state index contributed by atoms with van der Waals surface area (Å²) in [6.07, 6.45) is 3.40. The zero-order valence-corrected chi connectivity index (χ0v) is 12.9. The van der Waals surface area contributed by atoms with Gasteiger partial charge in [0.1, 0.15) is 0 Å². The molecule has 0 aromatic heterocycles. The number of aliphatic hydroxyl groups is 1. The average molecular weight is 240 g/mol. The molecule has 0 aromatic carbocycles. The number of aliphatic hydroxyl groups excluding tert-OH is 1. The van der Waals surface area contributed by atoms with Crippen LogP contribution in [0.5, 0.6) is 0 Å². The van der Waals surface area contributed by atoms with Gasteiger partial charge in [0.25, 0.3) is 0 Å². The maximum absolute atomic E-state index is 10.5. The Morgan fingerprint density at radius 3 is 1.82 bits per heavy atom. The molecule has 0 spiro atoms. The van der Waals surface area contributed by atoms with Crippen LogP contribution in [0.4, 0.5) is 0 Å². The standard InChI is InChI=1S/C16H32O/c1-8-11-9-12(15(2,3)4)10-13(14(11)17)16(5,6)7/h11-14,17H,8-10H2,1-7H3. The lowest BCUT2D eigenvalue weighted by Crippen LogP contribution is -2.45. The van der Waals surface area contributed by atoms with E-state index in [-0.39, 0.29) is 11.5 Å². The monoisotopic (exact) mass is 240 g/mol. The summed E-state index contributed by atoms with van der Waals surface area (Å²) >= 11 is 0. The Labute approximate surface area is 108 Å². The van der Waals surface area contributed by atoms with Crippen molar-refractivity contribution in [1.29, 1.82) is 0 Å². The van der Waals surface area contributed by atoms with Crippen LogP contribution in [0.1, 0.15) is 67.7 Å². The third-order valence-corrected chi connectivity index (χ3v) is 4.88. The van der Waals surface area contributed by atoms with Crippen LogP contribution in [0.15, 0.2) is 0 Å². The second-order valence-electron chi connectivity index (χ2n) is 8.17. The first-order valence-corrected chi connectivity index (χ1v) is 7.25. The number of rotatable bonds is 1. The van der Waals surface area contributed by atoms with E-state index in [0.29, 0.717) is 17.3 Å². The lowest BCUT2D eigenvalue weighted by atomic mass is 9.59. The molecule has 1 saturated carbocycles. The van der Waals surface area contributed by atoms with Gasteiger partial charge in [-0.25, -0.2) is 0 Å². The van der Waals surface area contributed by atoms with E-state index in [4.69, 9.17) is 0 Å². The molecule has 4 atom stereocenters. The summed E-state index contributed by atoms with van der Waals surface area (Å²) in [5.41, 5.74) is 0.591. The van der Waals surface area contributed by atoms with Gasteiger partial charge in [-0.05, 0) is 41.4 Å². The molecular weight excluding hydrogens is 208 g/mol. The molecule has 0 bridgehead atoms. The van der Waals surface area contributed by atoms with Gasteiger partial charge in [0.2, 0.25) is 0 Å². The van der Waals surface area contributed by atoms with Crippen molar-refractivity contribution in [2.45, 2.75) is 73.8 Å². The smallest absolute Gasteiger partial charge is 0.0601 e. The van der Waals surface area contributed by atoms with Crippen molar-refractivity contribution >= 4 is 0 Å². The van der Waals surface area contributed by atoms with Crippen molar-refractivity contribution in [3.8, 4) is 0 Å². The molecule has 1 aliphatic carbocycles. The van der Waals surface area contributed by atoms with Crippen molar-refractivity contribution < 1.29 is 5.11 Å². The van der Waals surface area contributed by atoms with Crippen LogP contribution in [0, 0.1) is 28.6 Å². The minimum absolute atomic E-state index is 0.0985. The van der Waals surface area contributed by atoms with E-state index in [1.165, 1.54) is 12.8 Å². The van der Waals surface area contributed by atoms with Gasteiger partial charge in [-0.2, -0.15) is 0 Å². The molecule has 17 heavy (non-hydrogen) atoms. The van der Waals surface area contributed by atoms with Crippen LogP contribution >= 0.6 is 0 Å². The fourth-order valence-corrected chi connectivity index (χ4v) is 3.36. The normalized spacial score (nSPS) is 36.0. The minimum Gasteiger partial charge on any atom is -0.393 e. The van der Waals surface area contributed by atoms with Gasteiger partial charge >= 0.3 is 0 Å². The molecule has 0 amide bonds. The Balaban J connectivity index is 2.91. The van der Waals surface area contributed by atoms with Crippen LogP contribution < -0.4 is 0 Å². The molecule has 1 rings (SSSR count). The van der Waals surface area contributed by atoms with Crippen LogP contribution in [0.25, 0.3) is 0 Å². The van der Waals surface area contributed by atoms with Crippen molar-refractivity contribution in [1.82, 2.24) is 0 Å². The summed E-state index contributed by atoms with van der Waals surface area (Å²) < 4.78 is 0. The topological polar surface area (TPSA) is 20.2 Å². The van der Waals surface area contributed by atoms with E-state index < -0.39 is 0 Å². The van der Waals surface area contributed by atoms with Gasteiger partial charge in [-0.3, -0.25) is 0 Å². The fourth-order valence-electron chi connectivity index (χ4n) is 3.36. The molecule has 4 unspecified atom stereocenters.